The lowest BCUT2D eigenvalue weighted by Crippen LogP contribution is -2.41. The Morgan fingerprint density at radius 1 is 1.20 bits per heavy atom. The fourth-order valence-electron chi connectivity index (χ4n) is 2.47. The Labute approximate surface area is 149 Å². The molecule has 0 aliphatic heterocycles. The maximum absolute atomic E-state index is 12.7. The van der Waals surface area contributed by atoms with Crippen LogP contribution >= 0.6 is 0 Å². The van der Waals surface area contributed by atoms with Crippen LogP contribution in [0, 0.1) is 0 Å². The van der Waals surface area contributed by atoms with Crippen molar-refractivity contribution in [1.29, 1.82) is 0 Å². The molecule has 1 atom stereocenters. The summed E-state index contributed by atoms with van der Waals surface area (Å²) in [4.78, 5) is 20.7. The molecule has 0 aliphatic carbocycles. The van der Waals surface area contributed by atoms with Crippen molar-refractivity contribution in [2.75, 3.05) is 30.9 Å². The van der Waals surface area contributed by atoms with Crippen molar-refractivity contribution in [3.05, 3.63) is 54.2 Å². The number of nitrogens with one attached hydrogen (secondary N) is 1. The Morgan fingerprint density at radius 3 is 2.48 bits per heavy atom. The van der Waals surface area contributed by atoms with Gasteiger partial charge in [-0.25, -0.2) is 9.78 Å². The molecule has 1 heterocycles. The van der Waals surface area contributed by atoms with Crippen molar-refractivity contribution in [2.24, 2.45) is 0 Å². The number of amides is 2. The summed E-state index contributed by atoms with van der Waals surface area (Å²) in [6.07, 6.45) is 2.17. The van der Waals surface area contributed by atoms with E-state index in [2.05, 4.69) is 10.3 Å². The third-order valence-corrected chi connectivity index (χ3v) is 3.99. The normalized spacial score (nSPS) is 11.7. The molecule has 0 fully saturated rings. The Balaban J connectivity index is 2.11. The van der Waals surface area contributed by atoms with Crippen molar-refractivity contribution in [3.63, 3.8) is 0 Å². The maximum Gasteiger partial charge on any atom is 0.322 e. The van der Waals surface area contributed by atoms with E-state index < -0.39 is 0 Å². The van der Waals surface area contributed by atoms with Crippen LogP contribution in [-0.2, 0) is 6.54 Å². The molecule has 2 rings (SSSR count). The van der Waals surface area contributed by atoms with Crippen molar-refractivity contribution in [2.45, 2.75) is 25.9 Å². The number of carbonyl (C=O) groups is 1. The van der Waals surface area contributed by atoms with Crippen LogP contribution < -0.4 is 10.2 Å². The third-order valence-electron chi connectivity index (χ3n) is 3.99. The average molecular weight is 342 g/mol. The van der Waals surface area contributed by atoms with E-state index in [9.17, 15) is 9.90 Å². The predicted octanol–water partition coefficient (Wildman–Crippen LogP) is 2.95. The molecular formula is C19H26N4O2. The molecule has 2 N–H and O–H groups in total. The Morgan fingerprint density at radius 2 is 1.92 bits per heavy atom. The highest BCUT2D eigenvalue weighted by Gasteiger charge is 2.20. The number of pyridine rings is 1. The van der Waals surface area contributed by atoms with Crippen molar-refractivity contribution >= 4 is 17.5 Å². The quantitative estimate of drug-likeness (QED) is 0.812. The molecule has 2 amide bonds. The van der Waals surface area contributed by atoms with Crippen molar-refractivity contribution < 1.29 is 9.90 Å². The zero-order valence-electron chi connectivity index (χ0n) is 15.0. The first-order chi connectivity index (χ1) is 12.0. The molecule has 134 valence electrons. The molecule has 0 saturated heterocycles. The van der Waals surface area contributed by atoms with Gasteiger partial charge < -0.3 is 20.2 Å². The monoisotopic (exact) mass is 342 g/mol. The predicted molar refractivity (Wildman–Crippen MR) is 101 cm³/mol. The number of nitrogens with zero attached hydrogens (tertiary/aromatic N) is 3. The van der Waals surface area contributed by atoms with Gasteiger partial charge in [-0.3, -0.25) is 0 Å². The third kappa shape index (κ3) is 5.46. The first-order valence-corrected chi connectivity index (χ1v) is 8.37. The Hall–Kier alpha value is -2.60. The number of hydrogen-bond donors (Lipinski definition) is 2. The van der Waals surface area contributed by atoms with Crippen LogP contribution in [0.3, 0.4) is 0 Å². The number of benzene rings is 1. The van der Waals surface area contributed by atoms with E-state index in [4.69, 9.17) is 0 Å². The zero-order valence-corrected chi connectivity index (χ0v) is 15.0. The van der Waals surface area contributed by atoms with E-state index in [1.807, 2.05) is 68.4 Å². The lowest BCUT2D eigenvalue weighted by Gasteiger charge is -2.29. The number of aliphatic hydroxyl groups excluding tert-OH is 1. The molecule has 0 bridgehead atoms. The summed E-state index contributed by atoms with van der Waals surface area (Å²) < 4.78 is 0. The van der Waals surface area contributed by atoms with Gasteiger partial charge in [-0.15, -0.1) is 0 Å². The van der Waals surface area contributed by atoms with E-state index in [1.54, 1.807) is 11.1 Å². The van der Waals surface area contributed by atoms with Gasteiger partial charge in [-0.1, -0.05) is 30.3 Å². The zero-order chi connectivity index (χ0) is 18.2. The molecule has 1 aromatic heterocycles. The maximum atomic E-state index is 12.7. The van der Waals surface area contributed by atoms with Gasteiger partial charge in [0.25, 0.3) is 0 Å². The minimum Gasteiger partial charge on any atom is -0.396 e. The Bertz CT molecular complexity index is 659. The fourth-order valence-corrected chi connectivity index (χ4v) is 2.47. The van der Waals surface area contributed by atoms with Gasteiger partial charge in [-0.05, 0) is 31.0 Å². The second kappa shape index (κ2) is 9.03. The number of carbonyl (C=O) groups excluding carboxylic acids is 1. The number of aliphatic hydroxyl groups is 1. The van der Waals surface area contributed by atoms with Crippen molar-refractivity contribution in [3.8, 4) is 0 Å². The van der Waals surface area contributed by atoms with Crippen LogP contribution in [0.2, 0.25) is 0 Å². The number of hydrogen-bond acceptors (Lipinski definition) is 4. The first-order valence-electron chi connectivity index (χ1n) is 8.37. The highest BCUT2D eigenvalue weighted by atomic mass is 16.3. The summed E-state index contributed by atoms with van der Waals surface area (Å²) in [7, 11) is 3.83. The number of aromatic nitrogens is 1. The lowest BCUT2D eigenvalue weighted by atomic mass is 10.1. The van der Waals surface area contributed by atoms with Gasteiger partial charge >= 0.3 is 6.03 Å². The van der Waals surface area contributed by atoms with Crippen LogP contribution in [0.4, 0.5) is 16.3 Å². The van der Waals surface area contributed by atoms with E-state index in [1.165, 1.54) is 0 Å². The lowest BCUT2D eigenvalue weighted by molar-refractivity contribution is 0.169. The number of urea groups is 1. The van der Waals surface area contributed by atoms with Gasteiger partial charge in [0.05, 0.1) is 11.9 Å². The summed E-state index contributed by atoms with van der Waals surface area (Å²) in [5.41, 5.74) is 1.69. The van der Waals surface area contributed by atoms with Crippen molar-refractivity contribution in [1.82, 2.24) is 9.88 Å². The van der Waals surface area contributed by atoms with Crippen LogP contribution in [0.15, 0.2) is 48.7 Å². The standard InChI is InChI=1S/C19H26N4O2/c1-15(11-12-24)23(14-16-7-5-4-6-8-16)19(25)21-17-9-10-18(20-13-17)22(2)3/h4-10,13,15,24H,11-12,14H2,1-3H3,(H,21,25). The van der Waals surface area contributed by atoms with E-state index in [-0.39, 0.29) is 18.7 Å². The second-order valence-corrected chi connectivity index (χ2v) is 6.20. The summed E-state index contributed by atoms with van der Waals surface area (Å²) in [5, 5.41) is 12.1. The molecule has 1 aromatic carbocycles. The van der Waals surface area contributed by atoms with Gasteiger partial charge in [-0.2, -0.15) is 0 Å². The molecule has 6 nitrogen and oxygen atoms in total. The first kappa shape index (κ1) is 18.7. The minimum atomic E-state index is -0.204. The molecular weight excluding hydrogens is 316 g/mol. The molecule has 0 radical (unpaired) electrons. The number of anilines is 2. The molecule has 1 unspecified atom stereocenters. The topological polar surface area (TPSA) is 68.7 Å². The number of rotatable bonds is 7. The van der Waals surface area contributed by atoms with Crippen LogP contribution in [-0.4, -0.2) is 47.8 Å². The Kier molecular flexibility index (Phi) is 6.77. The molecule has 6 heteroatoms. The van der Waals surface area contributed by atoms with Gasteiger partial charge in [0.2, 0.25) is 0 Å². The fraction of sp³-hybridized carbons (Fsp3) is 0.368. The van der Waals surface area contributed by atoms with E-state index in [0.717, 1.165) is 11.4 Å². The van der Waals surface area contributed by atoms with E-state index >= 15 is 0 Å². The van der Waals surface area contributed by atoms with Crippen LogP contribution in [0.5, 0.6) is 0 Å². The van der Waals surface area contributed by atoms with Gasteiger partial charge in [0, 0.05) is 33.3 Å². The summed E-state index contributed by atoms with van der Waals surface area (Å²) in [6, 6.07) is 13.2. The summed E-state index contributed by atoms with van der Waals surface area (Å²) >= 11 is 0. The van der Waals surface area contributed by atoms with Crippen LogP contribution in [0.25, 0.3) is 0 Å². The molecule has 2 aromatic rings. The minimum absolute atomic E-state index is 0.0405. The second-order valence-electron chi connectivity index (χ2n) is 6.20. The molecule has 0 aliphatic rings. The van der Waals surface area contributed by atoms with Crippen LogP contribution in [0.1, 0.15) is 18.9 Å². The van der Waals surface area contributed by atoms with Gasteiger partial charge in [0.15, 0.2) is 0 Å². The summed E-state index contributed by atoms with van der Waals surface area (Å²) in [6.45, 7) is 2.46. The van der Waals surface area contributed by atoms with Gasteiger partial charge in [0.1, 0.15) is 5.82 Å². The smallest absolute Gasteiger partial charge is 0.322 e. The summed E-state index contributed by atoms with van der Waals surface area (Å²) in [5.74, 6) is 0.827. The highest BCUT2D eigenvalue weighted by Crippen LogP contribution is 2.16. The van der Waals surface area contributed by atoms with E-state index in [0.29, 0.717) is 18.7 Å². The highest BCUT2D eigenvalue weighted by molar-refractivity contribution is 5.89. The molecule has 25 heavy (non-hydrogen) atoms. The largest absolute Gasteiger partial charge is 0.396 e. The molecule has 0 spiro atoms. The average Bonchev–Trinajstić information content (AvgIpc) is 2.61. The molecule has 0 saturated carbocycles. The SMILES string of the molecule is CC(CCO)N(Cc1ccccc1)C(=O)Nc1ccc(N(C)C)nc1.